The van der Waals surface area contributed by atoms with Crippen LogP contribution in [0.5, 0.6) is 0 Å². The lowest BCUT2D eigenvalue weighted by molar-refractivity contribution is 0.0699. The monoisotopic (exact) mass is 425 g/mol. The standard InChI is InChI=1S/C22H27N5O2S/c1-14-12-25-22(24-7-4-9-27-10-8-23-15(2)13-27)26-20(14)19-11-17-16(21(28)29)5-3-6-18(17)30-19/h3,5-6,11-12,15,23H,4,7-10,13H2,1-2H3,(H,28,29)(H,24,25,26)/t15-/m0/s1. The number of aromatic nitrogens is 2. The van der Waals surface area contributed by atoms with Crippen LogP contribution in [-0.2, 0) is 0 Å². The molecule has 1 saturated heterocycles. The van der Waals surface area contributed by atoms with E-state index in [1.54, 1.807) is 23.5 Å². The van der Waals surface area contributed by atoms with Gasteiger partial charge >= 0.3 is 5.97 Å². The van der Waals surface area contributed by atoms with Gasteiger partial charge < -0.3 is 20.6 Å². The Labute approximate surface area is 180 Å². The molecule has 7 nitrogen and oxygen atoms in total. The predicted octanol–water partition coefficient (Wildman–Crippen LogP) is 3.46. The number of nitrogens with zero attached hydrogens (tertiary/aromatic N) is 3. The van der Waals surface area contributed by atoms with E-state index >= 15 is 0 Å². The lowest BCUT2D eigenvalue weighted by Crippen LogP contribution is -2.49. The zero-order valence-corrected chi connectivity index (χ0v) is 18.1. The summed E-state index contributed by atoms with van der Waals surface area (Å²) in [5.74, 6) is -0.300. The van der Waals surface area contributed by atoms with Crippen molar-refractivity contribution in [2.45, 2.75) is 26.3 Å². The quantitative estimate of drug-likeness (QED) is 0.500. The van der Waals surface area contributed by atoms with E-state index in [4.69, 9.17) is 4.98 Å². The molecule has 1 aliphatic heterocycles. The number of hydrogen-bond acceptors (Lipinski definition) is 7. The van der Waals surface area contributed by atoms with Crippen molar-refractivity contribution in [1.82, 2.24) is 20.2 Å². The maximum atomic E-state index is 11.5. The number of piperazine rings is 1. The van der Waals surface area contributed by atoms with Crippen LogP contribution in [0.25, 0.3) is 20.7 Å². The van der Waals surface area contributed by atoms with Gasteiger partial charge in [0.15, 0.2) is 0 Å². The molecule has 8 heteroatoms. The first kappa shape index (κ1) is 20.7. The number of carboxylic acids is 1. The highest BCUT2D eigenvalue weighted by atomic mass is 32.1. The third-order valence-corrected chi connectivity index (χ3v) is 6.49. The van der Waals surface area contributed by atoms with Crippen molar-refractivity contribution in [2.24, 2.45) is 0 Å². The summed E-state index contributed by atoms with van der Waals surface area (Å²) in [7, 11) is 0. The molecule has 1 atom stereocenters. The summed E-state index contributed by atoms with van der Waals surface area (Å²) >= 11 is 1.56. The zero-order chi connectivity index (χ0) is 21.1. The second kappa shape index (κ2) is 9.07. The Bertz CT molecular complexity index is 1050. The number of nitrogens with one attached hydrogen (secondary N) is 2. The molecule has 1 fully saturated rings. The molecular formula is C22H27N5O2S. The van der Waals surface area contributed by atoms with E-state index in [0.29, 0.717) is 17.6 Å². The molecule has 1 aromatic carbocycles. The number of benzene rings is 1. The summed E-state index contributed by atoms with van der Waals surface area (Å²) in [6.45, 7) is 9.32. The molecule has 0 saturated carbocycles. The van der Waals surface area contributed by atoms with Crippen molar-refractivity contribution in [1.29, 1.82) is 0 Å². The molecule has 3 aromatic rings. The Hall–Kier alpha value is -2.55. The van der Waals surface area contributed by atoms with Gasteiger partial charge in [-0.3, -0.25) is 0 Å². The van der Waals surface area contributed by atoms with Crippen molar-refractivity contribution < 1.29 is 9.90 Å². The van der Waals surface area contributed by atoms with Gasteiger partial charge in [0, 0.05) is 48.5 Å². The van der Waals surface area contributed by atoms with E-state index in [2.05, 4.69) is 27.4 Å². The molecule has 30 heavy (non-hydrogen) atoms. The van der Waals surface area contributed by atoms with Gasteiger partial charge in [0.25, 0.3) is 0 Å². The van der Waals surface area contributed by atoms with E-state index in [0.717, 1.165) is 65.4 Å². The van der Waals surface area contributed by atoms with Gasteiger partial charge in [-0.2, -0.15) is 0 Å². The fraction of sp³-hybridized carbons (Fsp3) is 0.409. The fourth-order valence-electron chi connectivity index (χ4n) is 3.86. The van der Waals surface area contributed by atoms with Crippen molar-refractivity contribution in [3.63, 3.8) is 0 Å². The van der Waals surface area contributed by atoms with Crippen LogP contribution < -0.4 is 10.6 Å². The van der Waals surface area contributed by atoms with Gasteiger partial charge in [-0.25, -0.2) is 14.8 Å². The maximum absolute atomic E-state index is 11.5. The summed E-state index contributed by atoms with van der Waals surface area (Å²) in [6, 6.07) is 7.85. The molecule has 2 aromatic heterocycles. The minimum Gasteiger partial charge on any atom is -0.478 e. The molecule has 158 valence electrons. The molecule has 0 aliphatic carbocycles. The first-order valence-electron chi connectivity index (χ1n) is 10.3. The van der Waals surface area contributed by atoms with E-state index < -0.39 is 5.97 Å². The summed E-state index contributed by atoms with van der Waals surface area (Å²) in [6.07, 6.45) is 2.86. The third kappa shape index (κ3) is 4.61. The maximum Gasteiger partial charge on any atom is 0.336 e. The summed E-state index contributed by atoms with van der Waals surface area (Å²) < 4.78 is 0.947. The number of aromatic carboxylic acids is 1. The van der Waals surface area contributed by atoms with E-state index in [1.807, 2.05) is 25.3 Å². The number of fused-ring (bicyclic) bond motifs is 1. The van der Waals surface area contributed by atoms with E-state index in [-0.39, 0.29) is 0 Å². The van der Waals surface area contributed by atoms with Gasteiger partial charge in [0.1, 0.15) is 0 Å². The van der Waals surface area contributed by atoms with Gasteiger partial charge in [-0.05, 0) is 50.6 Å². The minimum absolute atomic E-state index is 0.322. The second-order valence-electron chi connectivity index (χ2n) is 7.79. The SMILES string of the molecule is Cc1cnc(NCCCN2CCN[C@@H](C)C2)nc1-c1cc2c(C(=O)O)cccc2s1. The Morgan fingerprint density at radius 3 is 3.10 bits per heavy atom. The van der Waals surface area contributed by atoms with Crippen LogP contribution in [0.15, 0.2) is 30.5 Å². The molecule has 0 radical (unpaired) electrons. The molecule has 3 heterocycles. The predicted molar refractivity (Wildman–Crippen MR) is 122 cm³/mol. The number of hydrogen-bond donors (Lipinski definition) is 3. The Balaban J connectivity index is 1.45. The average Bonchev–Trinajstić information content (AvgIpc) is 3.16. The molecule has 0 unspecified atom stereocenters. The fourth-order valence-corrected chi connectivity index (χ4v) is 5.00. The van der Waals surface area contributed by atoms with Gasteiger partial charge in [0.05, 0.1) is 16.1 Å². The number of carbonyl (C=O) groups is 1. The van der Waals surface area contributed by atoms with Crippen LogP contribution in [0.4, 0.5) is 5.95 Å². The van der Waals surface area contributed by atoms with Crippen LogP contribution in [0.2, 0.25) is 0 Å². The molecule has 4 rings (SSSR count). The molecule has 3 N–H and O–H groups in total. The van der Waals surface area contributed by atoms with Crippen LogP contribution in [0.3, 0.4) is 0 Å². The van der Waals surface area contributed by atoms with Gasteiger partial charge in [0.2, 0.25) is 5.95 Å². The topological polar surface area (TPSA) is 90.4 Å². The molecule has 0 amide bonds. The number of carboxylic acid groups (broad SMARTS) is 1. The Morgan fingerprint density at radius 2 is 2.30 bits per heavy atom. The molecule has 0 bridgehead atoms. The number of rotatable bonds is 7. The van der Waals surface area contributed by atoms with Crippen LogP contribution in [0, 0.1) is 6.92 Å². The van der Waals surface area contributed by atoms with Crippen molar-refractivity contribution in [3.05, 3.63) is 41.6 Å². The van der Waals surface area contributed by atoms with Crippen LogP contribution >= 0.6 is 11.3 Å². The highest BCUT2D eigenvalue weighted by molar-refractivity contribution is 7.22. The van der Waals surface area contributed by atoms with Crippen molar-refractivity contribution in [3.8, 4) is 10.6 Å². The number of aryl methyl sites for hydroxylation is 1. The first-order valence-corrected chi connectivity index (χ1v) is 11.1. The Kier molecular flexibility index (Phi) is 6.26. The largest absolute Gasteiger partial charge is 0.478 e. The number of anilines is 1. The lowest BCUT2D eigenvalue weighted by atomic mass is 10.1. The van der Waals surface area contributed by atoms with Gasteiger partial charge in [-0.1, -0.05) is 6.07 Å². The zero-order valence-electron chi connectivity index (χ0n) is 17.3. The second-order valence-corrected chi connectivity index (χ2v) is 8.88. The van der Waals surface area contributed by atoms with Crippen LogP contribution in [0.1, 0.15) is 29.3 Å². The Morgan fingerprint density at radius 1 is 1.43 bits per heavy atom. The average molecular weight is 426 g/mol. The van der Waals surface area contributed by atoms with Crippen LogP contribution in [-0.4, -0.2) is 64.7 Å². The summed E-state index contributed by atoms with van der Waals surface area (Å²) in [5.41, 5.74) is 2.14. The number of thiophene rings is 1. The molecule has 1 aliphatic rings. The molecule has 0 spiro atoms. The summed E-state index contributed by atoms with van der Waals surface area (Å²) in [4.78, 5) is 24.1. The normalized spacial score (nSPS) is 17.3. The van der Waals surface area contributed by atoms with Gasteiger partial charge in [-0.15, -0.1) is 11.3 Å². The highest BCUT2D eigenvalue weighted by Crippen LogP contribution is 2.35. The smallest absolute Gasteiger partial charge is 0.336 e. The highest BCUT2D eigenvalue weighted by Gasteiger charge is 2.16. The molecular weight excluding hydrogens is 398 g/mol. The minimum atomic E-state index is -0.911. The van der Waals surface area contributed by atoms with Crippen molar-refractivity contribution in [2.75, 3.05) is 38.0 Å². The van der Waals surface area contributed by atoms with Crippen molar-refractivity contribution >= 4 is 33.3 Å². The third-order valence-electron chi connectivity index (χ3n) is 5.38. The summed E-state index contributed by atoms with van der Waals surface area (Å²) in [5, 5.41) is 17.0. The van der Waals surface area contributed by atoms with E-state index in [1.165, 1.54) is 0 Å². The lowest BCUT2D eigenvalue weighted by Gasteiger charge is -2.31. The van der Waals surface area contributed by atoms with E-state index in [9.17, 15) is 9.90 Å². The first-order chi connectivity index (χ1) is 14.5.